The van der Waals surface area contributed by atoms with Crippen LogP contribution in [-0.4, -0.2) is 26.0 Å². The zero-order chi connectivity index (χ0) is 14.6. The van der Waals surface area contributed by atoms with E-state index in [-0.39, 0.29) is 5.71 Å². The number of nitrogens with zero attached hydrogens (tertiary/aromatic N) is 1. The predicted molar refractivity (Wildman–Crippen MR) is 68.6 cm³/mol. The second-order valence-corrected chi connectivity index (χ2v) is 3.90. The monoisotopic (exact) mass is 292 g/mol. The molecule has 19 heavy (non-hydrogen) atoms. The number of halogens is 4. The third kappa shape index (κ3) is 3.64. The molecule has 0 atom stereocenters. The second kappa shape index (κ2) is 5.97. The van der Waals surface area contributed by atoms with Crippen LogP contribution in [0.3, 0.4) is 0 Å². The van der Waals surface area contributed by atoms with E-state index in [1.807, 2.05) is 0 Å². The summed E-state index contributed by atoms with van der Waals surface area (Å²) in [7, 11) is 2.82. The molecule has 3 nitrogen and oxygen atoms in total. The Balaban J connectivity index is 3.21. The molecular formula is C12H12ClF3N2O. The Hall–Kier alpha value is -1.69. The minimum atomic E-state index is -4.69. The van der Waals surface area contributed by atoms with E-state index in [4.69, 9.17) is 22.1 Å². The van der Waals surface area contributed by atoms with Crippen LogP contribution in [0.5, 0.6) is 5.75 Å². The van der Waals surface area contributed by atoms with Crippen LogP contribution in [0, 0.1) is 0 Å². The fraction of sp³-hybridized carbons (Fsp3) is 0.250. The van der Waals surface area contributed by atoms with Crippen LogP contribution in [0.1, 0.15) is 5.56 Å². The summed E-state index contributed by atoms with van der Waals surface area (Å²) in [6, 6.07) is 6.28. The van der Waals surface area contributed by atoms with Gasteiger partial charge >= 0.3 is 6.18 Å². The van der Waals surface area contributed by atoms with E-state index in [0.717, 1.165) is 0 Å². The van der Waals surface area contributed by atoms with Crippen molar-refractivity contribution in [1.29, 1.82) is 0 Å². The van der Waals surface area contributed by atoms with Crippen molar-refractivity contribution >= 4 is 17.3 Å². The Kier molecular flexibility index (Phi) is 4.83. The summed E-state index contributed by atoms with van der Waals surface area (Å²) in [5.41, 5.74) is 4.00. The summed E-state index contributed by atoms with van der Waals surface area (Å²) in [4.78, 5) is 3.75. The lowest BCUT2D eigenvalue weighted by atomic mass is 10.1. The summed E-state index contributed by atoms with van der Waals surface area (Å²) in [6.07, 6.45) is -4.69. The van der Waals surface area contributed by atoms with Gasteiger partial charge in [0.25, 0.3) is 0 Å². The number of aliphatic imine (C=N–C) groups is 1. The van der Waals surface area contributed by atoms with Gasteiger partial charge in [0.2, 0.25) is 0 Å². The molecule has 0 saturated heterocycles. The van der Waals surface area contributed by atoms with Gasteiger partial charge in [-0.25, -0.2) is 0 Å². The summed E-state index contributed by atoms with van der Waals surface area (Å²) >= 11 is 5.66. The van der Waals surface area contributed by atoms with E-state index < -0.39 is 16.9 Å². The highest BCUT2D eigenvalue weighted by Crippen LogP contribution is 2.28. The number of allylic oxidation sites excluding steroid dienone is 2. The Morgan fingerprint density at radius 1 is 1.26 bits per heavy atom. The van der Waals surface area contributed by atoms with Gasteiger partial charge in [0, 0.05) is 12.6 Å². The van der Waals surface area contributed by atoms with Gasteiger partial charge in [0.1, 0.15) is 11.4 Å². The summed E-state index contributed by atoms with van der Waals surface area (Å²) < 4.78 is 42.4. The van der Waals surface area contributed by atoms with Crippen LogP contribution < -0.4 is 10.5 Å². The smallest absolute Gasteiger partial charge is 0.432 e. The molecule has 0 aliphatic heterocycles. The van der Waals surface area contributed by atoms with Gasteiger partial charge in [0.05, 0.1) is 17.9 Å². The molecule has 0 heterocycles. The maximum Gasteiger partial charge on any atom is 0.432 e. The van der Waals surface area contributed by atoms with E-state index in [9.17, 15) is 13.2 Å². The van der Waals surface area contributed by atoms with Gasteiger partial charge in [-0.3, -0.25) is 4.99 Å². The molecule has 0 radical (unpaired) electrons. The Morgan fingerprint density at radius 2 is 1.79 bits per heavy atom. The molecule has 1 rings (SSSR count). The van der Waals surface area contributed by atoms with Gasteiger partial charge in [0.15, 0.2) is 0 Å². The number of hydrogen-bond acceptors (Lipinski definition) is 3. The van der Waals surface area contributed by atoms with Gasteiger partial charge in [-0.05, 0) is 24.3 Å². The third-order valence-corrected chi connectivity index (χ3v) is 2.72. The van der Waals surface area contributed by atoms with Crippen LogP contribution in [0.2, 0.25) is 0 Å². The predicted octanol–water partition coefficient (Wildman–Crippen LogP) is 3.09. The SMILES string of the molecule is CN=C(C(Cl)=C(N)C(F)(F)F)c1ccc(OC)cc1. The molecule has 0 aromatic heterocycles. The lowest BCUT2D eigenvalue weighted by Gasteiger charge is -2.12. The molecular weight excluding hydrogens is 281 g/mol. The van der Waals surface area contributed by atoms with Gasteiger partial charge in [-0.2, -0.15) is 13.2 Å². The van der Waals surface area contributed by atoms with Crippen molar-refractivity contribution in [2.75, 3.05) is 14.2 Å². The molecule has 1 aromatic rings. The van der Waals surface area contributed by atoms with Crippen molar-refractivity contribution < 1.29 is 17.9 Å². The van der Waals surface area contributed by atoms with Crippen LogP contribution >= 0.6 is 11.6 Å². The molecule has 0 fully saturated rings. The maximum atomic E-state index is 12.5. The van der Waals surface area contributed by atoms with E-state index in [0.29, 0.717) is 11.3 Å². The molecule has 0 bridgehead atoms. The molecule has 0 unspecified atom stereocenters. The first-order chi connectivity index (χ1) is 8.81. The third-order valence-electron chi connectivity index (χ3n) is 2.34. The van der Waals surface area contributed by atoms with E-state index in [1.54, 1.807) is 24.3 Å². The second-order valence-electron chi connectivity index (χ2n) is 3.53. The lowest BCUT2D eigenvalue weighted by Crippen LogP contribution is -2.23. The van der Waals surface area contributed by atoms with Crippen LogP contribution in [0.4, 0.5) is 13.2 Å². The zero-order valence-electron chi connectivity index (χ0n) is 10.3. The molecule has 0 spiro atoms. The standard InChI is InChI=1S/C12H12ClF3N2O/c1-18-10(9(13)11(17)12(14,15)16)7-3-5-8(19-2)6-4-7/h3-6H,17H2,1-2H3. The van der Waals surface area contributed by atoms with Crippen molar-refractivity contribution in [1.82, 2.24) is 0 Å². The van der Waals surface area contributed by atoms with Crippen molar-refractivity contribution in [2.24, 2.45) is 10.7 Å². The highest BCUT2D eigenvalue weighted by atomic mass is 35.5. The van der Waals surface area contributed by atoms with Gasteiger partial charge in [-0.15, -0.1) is 0 Å². The molecule has 1 aromatic carbocycles. The first-order valence-corrected chi connectivity index (χ1v) is 5.53. The van der Waals surface area contributed by atoms with E-state index >= 15 is 0 Å². The number of methoxy groups -OCH3 is 1. The Morgan fingerprint density at radius 3 is 2.16 bits per heavy atom. The molecule has 0 saturated carbocycles. The average Bonchev–Trinajstić information content (AvgIpc) is 2.38. The topological polar surface area (TPSA) is 47.6 Å². The van der Waals surface area contributed by atoms with Gasteiger partial charge < -0.3 is 10.5 Å². The fourth-order valence-electron chi connectivity index (χ4n) is 1.35. The van der Waals surface area contributed by atoms with E-state index in [2.05, 4.69) is 4.99 Å². The normalized spacial score (nSPS) is 14.1. The van der Waals surface area contributed by atoms with Crippen LogP contribution in [0.25, 0.3) is 0 Å². The fourth-order valence-corrected chi connectivity index (χ4v) is 1.66. The first kappa shape index (κ1) is 15.4. The number of hydrogen-bond donors (Lipinski definition) is 1. The van der Waals surface area contributed by atoms with Crippen molar-refractivity contribution in [2.45, 2.75) is 6.18 Å². The van der Waals surface area contributed by atoms with Crippen LogP contribution in [-0.2, 0) is 0 Å². The number of nitrogens with two attached hydrogens (primary N) is 1. The average molecular weight is 293 g/mol. The van der Waals surface area contributed by atoms with Crippen molar-refractivity contribution in [3.63, 3.8) is 0 Å². The Labute approximate surface area is 113 Å². The van der Waals surface area contributed by atoms with Gasteiger partial charge in [-0.1, -0.05) is 11.6 Å². The summed E-state index contributed by atoms with van der Waals surface area (Å²) in [6.45, 7) is 0. The number of benzene rings is 1. The summed E-state index contributed by atoms with van der Waals surface area (Å²) in [5.74, 6) is 0.572. The number of ether oxygens (including phenoxy) is 1. The maximum absolute atomic E-state index is 12.5. The minimum absolute atomic E-state index is 0.0286. The largest absolute Gasteiger partial charge is 0.497 e. The molecule has 104 valence electrons. The van der Waals surface area contributed by atoms with Crippen LogP contribution in [0.15, 0.2) is 40.0 Å². The highest BCUT2D eigenvalue weighted by Gasteiger charge is 2.35. The first-order valence-electron chi connectivity index (χ1n) is 5.15. The zero-order valence-corrected chi connectivity index (χ0v) is 11.0. The molecule has 0 aliphatic carbocycles. The van der Waals surface area contributed by atoms with Crippen molar-refractivity contribution in [3.05, 3.63) is 40.6 Å². The highest BCUT2D eigenvalue weighted by molar-refractivity contribution is 6.46. The quantitative estimate of drug-likeness (QED) is 0.870. The minimum Gasteiger partial charge on any atom is -0.497 e. The van der Waals surface area contributed by atoms with Crippen molar-refractivity contribution in [3.8, 4) is 5.75 Å². The summed E-state index contributed by atoms with van der Waals surface area (Å²) in [5, 5.41) is -0.625. The molecule has 0 amide bonds. The number of alkyl halides is 3. The Bertz CT molecular complexity index is 507. The van der Waals surface area contributed by atoms with E-state index in [1.165, 1.54) is 14.2 Å². The molecule has 0 aliphatic rings. The molecule has 2 N–H and O–H groups in total. The molecule has 7 heteroatoms. The lowest BCUT2D eigenvalue weighted by molar-refractivity contribution is -0.0927. The number of rotatable bonds is 3.